The molecule has 0 saturated carbocycles. The Labute approximate surface area is 231 Å². The van der Waals surface area contributed by atoms with Crippen LogP contribution in [0.1, 0.15) is 5.56 Å². The van der Waals surface area contributed by atoms with E-state index in [2.05, 4.69) is 9.47 Å². The summed E-state index contributed by atoms with van der Waals surface area (Å²) >= 11 is 0.608. The fourth-order valence-electron chi connectivity index (χ4n) is 3.77. The van der Waals surface area contributed by atoms with Gasteiger partial charge in [0.15, 0.2) is 17.6 Å². The van der Waals surface area contributed by atoms with Crippen LogP contribution in [0.15, 0.2) is 52.1 Å². The van der Waals surface area contributed by atoms with Gasteiger partial charge >= 0.3 is 24.6 Å². The van der Waals surface area contributed by atoms with Gasteiger partial charge in [-0.2, -0.15) is 13.2 Å². The molecule has 226 valence electrons. The first-order chi connectivity index (χ1) is 19.3. The Morgan fingerprint density at radius 2 is 1.48 bits per heavy atom. The van der Waals surface area contributed by atoms with Crippen LogP contribution in [0.2, 0.25) is 0 Å². The lowest BCUT2D eigenvalue weighted by Crippen LogP contribution is -2.38. The molecule has 4 aromatic rings. The Hall–Kier alpha value is -4.19. The first-order valence-corrected chi connectivity index (χ1v) is 12.1. The van der Waals surface area contributed by atoms with Gasteiger partial charge in [0.2, 0.25) is 0 Å². The summed E-state index contributed by atoms with van der Waals surface area (Å²) < 4.78 is 129. The molecule has 0 aliphatic carbocycles. The summed E-state index contributed by atoms with van der Waals surface area (Å²) in [5.41, 5.74) is -2.15. The predicted molar refractivity (Wildman–Crippen MR) is 129 cm³/mol. The van der Waals surface area contributed by atoms with Crippen LogP contribution in [-0.4, -0.2) is 39.7 Å². The number of halogens is 9. The summed E-state index contributed by atoms with van der Waals surface area (Å²) in [6, 6.07) is 6.78. The van der Waals surface area contributed by atoms with Gasteiger partial charge in [0.1, 0.15) is 16.3 Å². The van der Waals surface area contributed by atoms with Crippen molar-refractivity contribution in [3.8, 4) is 33.4 Å². The Morgan fingerprint density at radius 1 is 0.881 bits per heavy atom. The van der Waals surface area contributed by atoms with E-state index in [0.717, 1.165) is 36.4 Å². The highest BCUT2D eigenvalue weighted by Gasteiger charge is 2.39. The third-order valence-corrected chi connectivity index (χ3v) is 6.88. The number of fused-ring (bicyclic) bond motifs is 1. The van der Waals surface area contributed by atoms with Crippen molar-refractivity contribution in [2.24, 2.45) is 0 Å². The molecule has 18 heteroatoms. The number of nitrogens with one attached hydrogen (secondary N) is 1. The zero-order valence-corrected chi connectivity index (χ0v) is 21.4. The lowest BCUT2D eigenvalue weighted by Gasteiger charge is -2.16. The van der Waals surface area contributed by atoms with E-state index in [1.54, 1.807) is 0 Å². The molecular formula is C24H15F9N2O6S. The molecule has 2 aromatic carbocycles. The highest BCUT2D eigenvalue weighted by atomic mass is 32.1. The average Bonchev–Trinajstić information content (AvgIpc) is 3.19. The lowest BCUT2D eigenvalue weighted by molar-refractivity contribution is -0.275. The molecule has 0 aliphatic heterocycles. The fourth-order valence-corrected chi connectivity index (χ4v) is 5.08. The average molecular weight is 630 g/mol. The number of hydrogen-bond donors (Lipinski definition) is 2. The number of rotatable bonds is 7. The first kappa shape index (κ1) is 30.8. The minimum atomic E-state index is -5.23. The molecule has 4 rings (SSSR count). The molecular weight excluding hydrogens is 615 g/mol. The maximum atomic E-state index is 13.2. The van der Waals surface area contributed by atoms with E-state index in [-0.39, 0.29) is 32.0 Å². The number of aliphatic hydroxyl groups is 1. The van der Waals surface area contributed by atoms with E-state index in [0.29, 0.717) is 15.9 Å². The maximum Gasteiger partial charge on any atom is 0.573 e. The van der Waals surface area contributed by atoms with E-state index in [9.17, 15) is 54.2 Å². The monoisotopic (exact) mass is 630 g/mol. The normalized spacial score (nSPS) is 13.3. The molecule has 0 saturated heterocycles. The second-order valence-corrected chi connectivity index (χ2v) is 9.49. The highest BCUT2D eigenvalue weighted by molar-refractivity contribution is 7.22. The summed E-state index contributed by atoms with van der Waals surface area (Å²) in [4.78, 5) is 26.5. The van der Waals surface area contributed by atoms with Crippen molar-refractivity contribution >= 4 is 21.6 Å². The molecule has 2 heterocycles. The number of aromatic nitrogens is 2. The Balaban J connectivity index is 1.77. The van der Waals surface area contributed by atoms with Crippen molar-refractivity contribution in [1.82, 2.24) is 9.55 Å². The van der Waals surface area contributed by atoms with E-state index in [1.807, 2.05) is 4.98 Å². The van der Waals surface area contributed by atoms with Crippen molar-refractivity contribution < 1.29 is 58.8 Å². The third-order valence-electron chi connectivity index (χ3n) is 5.52. The van der Waals surface area contributed by atoms with Crippen LogP contribution < -0.4 is 25.5 Å². The first-order valence-electron chi connectivity index (χ1n) is 11.3. The van der Waals surface area contributed by atoms with Crippen molar-refractivity contribution in [1.29, 1.82) is 0 Å². The van der Waals surface area contributed by atoms with Gasteiger partial charge in [-0.3, -0.25) is 14.3 Å². The van der Waals surface area contributed by atoms with E-state index < -0.39 is 60.0 Å². The van der Waals surface area contributed by atoms with Crippen LogP contribution in [0, 0.1) is 6.92 Å². The molecule has 2 aromatic heterocycles. The van der Waals surface area contributed by atoms with E-state index in [1.165, 1.54) is 13.0 Å². The highest BCUT2D eigenvalue weighted by Crippen LogP contribution is 2.43. The van der Waals surface area contributed by atoms with Gasteiger partial charge in [0, 0.05) is 4.88 Å². The number of aliphatic hydroxyl groups excluding tert-OH is 1. The number of hydrogen-bond acceptors (Lipinski definition) is 7. The second-order valence-electron chi connectivity index (χ2n) is 8.49. The molecule has 0 unspecified atom stereocenters. The van der Waals surface area contributed by atoms with Crippen LogP contribution in [0.25, 0.3) is 20.7 Å². The topological polar surface area (TPSA) is 103 Å². The van der Waals surface area contributed by atoms with E-state index in [4.69, 9.17) is 4.74 Å². The number of nitrogens with zero attached hydrogens (tertiary/aromatic N) is 1. The Kier molecular flexibility index (Phi) is 7.98. The summed E-state index contributed by atoms with van der Waals surface area (Å²) in [6.45, 7) is 0.0781. The van der Waals surface area contributed by atoms with Crippen molar-refractivity contribution in [2.75, 3.05) is 0 Å². The molecule has 0 fully saturated rings. The van der Waals surface area contributed by atoms with Crippen LogP contribution in [0.5, 0.6) is 23.0 Å². The van der Waals surface area contributed by atoms with Gasteiger partial charge in [-0.1, -0.05) is 0 Å². The van der Waals surface area contributed by atoms with Gasteiger partial charge < -0.3 is 19.3 Å². The van der Waals surface area contributed by atoms with Crippen LogP contribution in [-0.2, 0) is 6.54 Å². The molecule has 0 bridgehead atoms. The van der Waals surface area contributed by atoms with Gasteiger partial charge in [-0.15, -0.1) is 37.7 Å². The maximum absolute atomic E-state index is 13.2. The van der Waals surface area contributed by atoms with Crippen molar-refractivity contribution in [2.45, 2.75) is 38.5 Å². The molecule has 8 nitrogen and oxygen atoms in total. The number of benzene rings is 2. The number of alkyl halides is 9. The number of aromatic amines is 1. The SMILES string of the molecule is Cc1c(-c2ccc(Oc3ccc(OC(F)(F)F)cc3)c(OC(F)(F)F)c2)sc2c1c(=O)[nH]c(=O)n2C[C@@H](O)C(F)(F)F. The minimum absolute atomic E-state index is 0.0241. The molecule has 0 amide bonds. The van der Waals surface area contributed by atoms with Crippen molar-refractivity contribution in [3.63, 3.8) is 0 Å². The largest absolute Gasteiger partial charge is 0.573 e. The number of ether oxygens (including phenoxy) is 3. The minimum Gasteiger partial charge on any atom is -0.453 e. The van der Waals surface area contributed by atoms with E-state index >= 15 is 0 Å². The zero-order chi connectivity index (χ0) is 31.2. The predicted octanol–water partition coefficient (Wildman–Crippen LogP) is 6.24. The van der Waals surface area contributed by atoms with Crippen LogP contribution in [0.3, 0.4) is 0 Å². The molecule has 0 spiro atoms. The Bertz CT molecular complexity index is 1720. The standard InChI is InChI=1S/C24H15F9N2O6S/c1-10-17-19(37)34-21(38)35(9-16(36)22(25,26)27)20(17)42-18(10)11-2-7-14(15(8-11)41-24(31,32)33)39-12-3-5-13(6-4-12)40-23(28,29)30/h2-8,16,36H,9H2,1H3,(H,34,37,38)/t16-/m1/s1. The summed E-state index contributed by atoms with van der Waals surface area (Å²) in [5.74, 6) is -2.25. The molecule has 2 N–H and O–H groups in total. The van der Waals surface area contributed by atoms with Crippen LogP contribution in [0.4, 0.5) is 39.5 Å². The molecule has 42 heavy (non-hydrogen) atoms. The number of aryl methyl sites for hydroxylation is 1. The van der Waals surface area contributed by atoms with Crippen molar-refractivity contribution in [3.05, 3.63) is 68.9 Å². The zero-order valence-electron chi connectivity index (χ0n) is 20.6. The van der Waals surface area contributed by atoms with Gasteiger partial charge in [-0.05, 0) is 60.5 Å². The van der Waals surface area contributed by atoms with Crippen LogP contribution >= 0.6 is 11.3 Å². The molecule has 0 aliphatic rings. The van der Waals surface area contributed by atoms with Gasteiger partial charge in [0.25, 0.3) is 5.56 Å². The second kappa shape index (κ2) is 10.9. The number of H-pyrrole nitrogens is 1. The lowest BCUT2D eigenvalue weighted by atomic mass is 10.1. The van der Waals surface area contributed by atoms with Gasteiger partial charge in [-0.25, -0.2) is 4.79 Å². The quantitative estimate of drug-likeness (QED) is 0.235. The van der Waals surface area contributed by atoms with Gasteiger partial charge in [0.05, 0.1) is 11.9 Å². The summed E-state index contributed by atoms with van der Waals surface area (Å²) in [7, 11) is 0. The molecule has 0 radical (unpaired) electrons. The smallest absolute Gasteiger partial charge is 0.453 e. The molecule has 1 atom stereocenters. The fraction of sp³-hybridized carbons (Fsp3) is 0.250. The Morgan fingerprint density at radius 3 is 2.05 bits per heavy atom. The summed E-state index contributed by atoms with van der Waals surface area (Å²) in [6.07, 6.45) is -18.3. The summed E-state index contributed by atoms with van der Waals surface area (Å²) in [5, 5.41) is 9.25. The third kappa shape index (κ3) is 6.99. The number of thiophene rings is 1.